The second-order valence-corrected chi connectivity index (χ2v) is 6.91. The van der Waals surface area contributed by atoms with Crippen LogP contribution in [0, 0.1) is 22.0 Å². The molecule has 3 rings (SSSR count). The lowest BCUT2D eigenvalue weighted by Crippen LogP contribution is -2.32. The van der Waals surface area contributed by atoms with Gasteiger partial charge in [-0.1, -0.05) is 0 Å². The van der Waals surface area contributed by atoms with Gasteiger partial charge in [0.05, 0.1) is 18.1 Å². The van der Waals surface area contributed by atoms with E-state index in [9.17, 15) is 18.5 Å². The van der Waals surface area contributed by atoms with Gasteiger partial charge in [-0.3, -0.25) is 10.1 Å². The molecular formula is C12H15N3O5S. The molecule has 114 valence electrons. The summed E-state index contributed by atoms with van der Waals surface area (Å²) >= 11 is 0. The van der Waals surface area contributed by atoms with Crippen molar-refractivity contribution in [2.24, 2.45) is 11.8 Å². The van der Waals surface area contributed by atoms with Crippen LogP contribution in [0.2, 0.25) is 0 Å². The Bertz CT molecular complexity index is 680. The fourth-order valence-corrected chi connectivity index (χ4v) is 4.32. The summed E-state index contributed by atoms with van der Waals surface area (Å²) in [6, 6.07) is 3.42. The van der Waals surface area contributed by atoms with Gasteiger partial charge in [0.25, 0.3) is 5.69 Å². The number of hydrogen-bond acceptors (Lipinski definition) is 6. The summed E-state index contributed by atoms with van der Waals surface area (Å²) in [6.45, 7) is 1.63. The topological polar surface area (TPSA) is 111 Å². The molecular weight excluding hydrogens is 298 g/mol. The van der Waals surface area contributed by atoms with Gasteiger partial charge < -0.3 is 10.1 Å². The third-order valence-electron chi connectivity index (χ3n) is 4.03. The fourth-order valence-electron chi connectivity index (χ4n) is 2.83. The van der Waals surface area contributed by atoms with E-state index in [-0.39, 0.29) is 22.4 Å². The molecule has 2 aliphatic rings. The van der Waals surface area contributed by atoms with Crippen LogP contribution in [0.25, 0.3) is 0 Å². The van der Waals surface area contributed by atoms with E-state index in [0.717, 1.165) is 25.2 Å². The molecule has 0 bridgehead atoms. The molecule has 1 heterocycles. The van der Waals surface area contributed by atoms with E-state index in [1.807, 2.05) is 0 Å². The Kier molecular flexibility index (Phi) is 3.34. The molecule has 21 heavy (non-hydrogen) atoms. The van der Waals surface area contributed by atoms with E-state index in [2.05, 4.69) is 10.0 Å². The van der Waals surface area contributed by atoms with Crippen molar-refractivity contribution in [2.75, 3.05) is 20.2 Å². The first kappa shape index (κ1) is 14.2. The van der Waals surface area contributed by atoms with Crippen molar-refractivity contribution in [3.05, 3.63) is 28.3 Å². The minimum Gasteiger partial charge on any atom is -0.495 e. The standard InChI is InChI=1S/C12H15N3O5S/c1-20-10-4-7(15(16)17)2-3-11(10)21(18,19)14-12-8-5-13-6-9(8)12/h2-4,8-9,12-14H,5-6H2,1H3. The van der Waals surface area contributed by atoms with Gasteiger partial charge in [0.15, 0.2) is 0 Å². The van der Waals surface area contributed by atoms with E-state index in [1.54, 1.807) is 0 Å². The second kappa shape index (κ2) is 4.93. The van der Waals surface area contributed by atoms with Crippen molar-refractivity contribution in [1.82, 2.24) is 10.0 Å². The van der Waals surface area contributed by atoms with Crippen molar-refractivity contribution in [1.29, 1.82) is 0 Å². The highest BCUT2D eigenvalue weighted by Gasteiger charge is 2.54. The average molecular weight is 313 g/mol. The Labute approximate surface area is 121 Å². The average Bonchev–Trinajstić information content (AvgIpc) is 2.88. The molecule has 0 amide bonds. The molecule has 2 unspecified atom stereocenters. The number of nitrogens with zero attached hydrogens (tertiary/aromatic N) is 1. The Morgan fingerprint density at radius 1 is 1.38 bits per heavy atom. The third-order valence-corrected chi connectivity index (χ3v) is 5.53. The molecule has 0 radical (unpaired) electrons. The molecule has 1 saturated heterocycles. The van der Waals surface area contributed by atoms with Crippen LogP contribution in [0.4, 0.5) is 5.69 Å². The zero-order chi connectivity index (χ0) is 15.2. The fraction of sp³-hybridized carbons (Fsp3) is 0.500. The molecule has 1 aliphatic carbocycles. The molecule has 8 nitrogen and oxygen atoms in total. The van der Waals surface area contributed by atoms with Crippen LogP contribution < -0.4 is 14.8 Å². The maximum Gasteiger partial charge on any atom is 0.273 e. The summed E-state index contributed by atoms with van der Waals surface area (Å²) in [5.74, 6) is 0.647. The Balaban J connectivity index is 1.86. The predicted octanol–water partition coefficient (Wildman–Crippen LogP) is 0.0995. The summed E-state index contributed by atoms with van der Waals surface area (Å²) < 4.78 is 32.4. The Morgan fingerprint density at radius 2 is 2.05 bits per heavy atom. The van der Waals surface area contributed by atoms with Gasteiger partial charge in [0.1, 0.15) is 10.6 Å². The largest absolute Gasteiger partial charge is 0.495 e. The van der Waals surface area contributed by atoms with Crippen molar-refractivity contribution in [3.63, 3.8) is 0 Å². The molecule has 1 aromatic rings. The number of rotatable bonds is 5. The van der Waals surface area contributed by atoms with Gasteiger partial charge in [0.2, 0.25) is 10.0 Å². The third kappa shape index (κ3) is 2.47. The number of hydrogen-bond donors (Lipinski definition) is 2. The summed E-state index contributed by atoms with van der Waals surface area (Å²) in [7, 11) is -2.46. The van der Waals surface area contributed by atoms with Crippen LogP contribution in [-0.4, -0.2) is 39.6 Å². The number of ether oxygens (including phenoxy) is 1. The maximum absolute atomic E-state index is 12.4. The van der Waals surface area contributed by atoms with Crippen LogP contribution >= 0.6 is 0 Å². The van der Waals surface area contributed by atoms with E-state index < -0.39 is 14.9 Å². The first-order chi connectivity index (χ1) is 9.94. The first-order valence-electron chi connectivity index (χ1n) is 6.49. The lowest BCUT2D eigenvalue weighted by atomic mass is 10.3. The summed E-state index contributed by atoms with van der Waals surface area (Å²) in [5, 5.41) is 13.9. The zero-order valence-corrected chi connectivity index (χ0v) is 12.1. The molecule has 2 fully saturated rings. The predicted molar refractivity (Wildman–Crippen MR) is 73.6 cm³/mol. The molecule has 2 N–H and O–H groups in total. The number of methoxy groups -OCH3 is 1. The van der Waals surface area contributed by atoms with Crippen LogP contribution in [0.3, 0.4) is 0 Å². The lowest BCUT2D eigenvalue weighted by molar-refractivity contribution is -0.385. The maximum atomic E-state index is 12.4. The molecule has 1 aliphatic heterocycles. The van der Waals surface area contributed by atoms with Crippen molar-refractivity contribution in [3.8, 4) is 5.75 Å². The minimum absolute atomic E-state index is 0.0272. The van der Waals surface area contributed by atoms with Gasteiger partial charge in [0, 0.05) is 12.1 Å². The molecule has 9 heteroatoms. The van der Waals surface area contributed by atoms with Gasteiger partial charge in [-0.05, 0) is 31.0 Å². The molecule has 1 saturated carbocycles. The van der Waals surface area contributed by atoms with Gasteiger partial charge in [-0.2, -0.15) is 0 Å². The quantitative estimate of drug-likeness (QED) is 0.589. The lowest BCUT2D eigenvalue weighted by Gasteiger charge is -2.11. The van der Waals surface area contributed by atoms with Gasteiger partial charge in [-0.15, -0.1) is 0 Å². The van der Waals surface area contributed by atoms with Crippen molar-refractivity contribution in [2.45, 2.75) is 10.9 Å². The van der Waals surface area contributed by atoms with E-state index in [4.69, 9.17) is 4.74 Å². The van der Waals surface area contributed by atoms with Crippen molar-refractivity contribution < 1.29 is 18.1 Å². The van der Waals surface area contributed by atoms with E-state index in [1.165, 1.54) is 13.2 Å². The van der Waals surface area contributed by atoms with Gasteiger partial charge >= 0.3 is 0 Å². The van der Waals surface area contributed by atoms with Gasteiger partial charge in [-0.25, -0.2) is 13.1 Å². The monoisotopic (exact) mass is 313 g/mol. The van der Waals surface area contributed by atoms with Crippen LogP contribution in [0.15, 0.2) is 23.1 Å². The van der Waals surface area contributed by atoms with Crippen LogP contribution in [0.1, 0.15) is 0 Å². The number of non-ortho nitro benzene ring substituents is 1. The number of piperidine rings is 1. The number of nitrogens with one attached hydrogen (secondary N) is 2. The number of benzene rings is 1. The summed E-state index contributed by atoms with van der Waals surface area (Å²) in [6.07, 6.45) is 0. The van der Waals surface area contributed by atoms with Crippen molar-refractivity contribution >= 4 is 15.7 Å². The Hall–Kier alpha value is -1.71. The number of nitro groups is 1. The van der Waals surface area contributed by atoms with Crippen LogP contribution in [-0.2, 0) is 10.0 Å². The minimum atomic E-state index is -3.75. The van der Waals surface area contributed by atoms with E-state index in [0.29, 0.717) is 11.8 Å². The summed E-state index contributed by atoms with van der Waals surface area (Å²) in [4.78, 5) is 10.1. The SMILES string of the molecule is COc1cc([N+](=O)[O-])ccc1S(=O)(=O)NC1C2CNCC21. The molecule has 0 aromatic heterocycles. The highest BCUT2D eigenvalue weighted by atomic mass is 32.2. The number of sulfonamides is 1. The number of nitro benzene ring substituents is 1. The van der Waals surface area contributed by atoms with Crippen LogP contribution in [0.5, 0.6) is 5.75 Å². The van der Waals surface area contributed by atoms with E-state index >= 15 is 0 Å². The highest BCUT2D eigenvalue weighted by Crippen LogP contribution is 2.43. The Morgan fingerprint density at radius 3 is 2.62 bits per heavy atom. The second-order valence-electron chi connectivity index (χ2n) is 5.23. The first-order valence-corrected chi connectivity index (χ1v) is 7.98. The molecule has 0 spiro atoms. The molecule has 1 aromatic carbocycles. The smallest absolute Gasteiger partial charge is 0.273 e. The molecule has 2 atom stereocenters. The zero-order valence-electron chi connectivity index (χ0n) is 11.3. The number of fused-ring (bicyclic) bond motifs is 1. The normalized spacial score (nSPS) is 27.2. The highest BCUT2D eigenvalue weighted by molar-refractivity contribution is 7.89. The summed E-state index contributed by atoms with van der Waals surface area (Å²) in [5.41, 5.74) is -0.210.